The number of amidine groups is 1. The lowest BCUT2D eigenvalue weighted by Gasteiger charge is -2.40. The number of Topliss-reactive ketones (excluding diaryl/α,β-unsaturated/α-hetero) is 1. The summed E-state index contributed by atoms with van der Waals surface area (Å²) >= 11 is 0. The van der Waals surface area contributed by atoms with Gasteiger partial charge in [-0.25, -0.2) is 0 Å². The Morgan fingerprint density at radius 2 is 1.70 bits per heavy atom. The van der Waals surface area contributed by atoms with Crippen LogP contribution >= 0.6 is 0 Å². The van der Waals surface area contributed by atoms with Crippen molar-refractivity contribution in [2.75, 3.05) is 7.11 Å². The Morgan fingerprint density at radius 3 is 2.40 bits per heavy atom. The number of ketones is 1. The zero-order chi connectivity index (χ0) is 20.7. The molecule has 3 aromatic carbocycles. The highest BCUT2D eigenvalue weighted by molar-refractivity contribution is 6.13. The molecule has 0 aliphatic carbocycles. The molecule has 3 aromatic rings. The zero-order valence-corrected chi connectivity index (χ0v) is 16.8. The highest BCUT2D eigenvalue weighted by atomic mass is 16.5. The van der Waals surface area contributed by atoms with Gasteiger partial charge in [0.15, 0.2) is 5.84 Å². The molecule has 0 radical (unpaired) electrons. The summed E-state index contributed by atoms with van der Waals surface area (Å²) in [5, 5.41) is 4.68. The van der Waals surface area contributed by atoms with E-state index in [4.69, 9.17) is 4.74 Å². The van der Waals surface area contributed by atoms with Gasteiger partial charge >= 0.3 is 0 Å². The monoisotopic (exact) mass is 395 g/mol. The van der Waals surface area contributed by atoms with E-state index in [1.165, 1.54) is 0 Å². The third-order valence-corrected chi connectivity index (χ3v) is 5.65. The average molecular weight is 395 g/mol. The van der Waals surface area contributed by atoms with Crippen molar-refractivity contribution in [2.24, 2.45) is 5.10 Å². The van der Waals surface area contributed by atoms with E-state index in [1.54, 1.807) is 7.11 Å². The predicted octanol–water partition coefficient (Wildman–Crippen LogP) is 4.37. The van der Waals surface area contributed by atoms with Crippen LogP contribution in [0.2, 0.25) is 0 Å². The van der Waals surface area contributed by atoms with Gasteiger partial charge in [-0.2, -0.15) is 5.10 Å². The van der Waals surface area contributed by atoms with Gasteiger partial charge in [0.25, 0.3) is 0 Å². The molecule has 0 fully saturated rings. The number of fused-ring (bicyclic) bond motifs is 3. The first-order valence-corrected chi connectivity index (χ1v) is 9.82. The summed E-state index contributed by atoms with van der Waals surface area (Å²) in [5.74, 6) is 1.39. The summed E-state index contributed by atoms with van der Waals surface area (Å²) in [4.78, 5) is 16.0. The van der Waals surface area contributed by atoms with Crippen molar-refractivity contribution in [3.05, 3.63) is 107 Å². The van der Waals surface area contributed by atoms with E-state index in [1.807, 2.05) is 90.7 Å². The van der Waals surface area contributed by atoms with E-state index in [2.05, 4.69) is 16.6 Å². The first-order valence-electron chi connectivity index (χ1n) is 9.82. The van der Waals surface area contributed by atoms with Gasteiger partial charge < -0.3 is 4.74 Å². The van der Waals surface area contributed by atoms with Crippen LogP contribution in [0, 0.1) is 0 Å². The summed E-state index contributed by atoms with van der Waals surface area (Å²) in [6, 6.07) is 25.0. The maximum atomic E-state index is 14.0. The maximum Gasteiger partial charge on any atom is 0.222 e. The minimum atomic E-state index is -1.17. The topological polar surface area (TPSA) is 53.9 Å². The van der Waals surface area contributed by atoms with Gasteiger partial charge in [0.2, 0.25) is 11.4 Å². The smallest absolute Gasteiger partial charge is 0.222 e. The van der Waals surface area contributed by atoms with Gasteiger partial charge in [-0.1, -0.05) is 66.7 Å². The predicted molar refractivity (Wildman–Crippen MR) is 117 cm³/mol. The number of carbonyl (C=O) groups excluding carboxylic acids is 1. The number of nitrogens with zero attached hydrogens (tertiary/aromatic N) is 2. The van der Waals surface area contributed by atoms with Crippen LogP contribution in [0.25, 0.3) is 6.08 Å². The van der Waals surface area contributed by atoms with Crippen LogP contribution in [0.4, 0.5) is 0 Å². The number of hydrogen-bond donors (Lipinski definition) is 1. The summed E-state index contributed by atoms with van der Waals surface area (Å²) in [6.45, 7) is 2.01. The van der Waals surface area contributed by atoms with Crippen molar-refractivity contribution in [3.8, 4) is 5.75 Å². The number of rotatable bonds is 4. The molecule has 5 rings (SSSR count). The molecule has 5 heteroatoms. The minimum Gasteiger partial charge on any atom is -0.497 e. The molecule has 0 amide bonds. The van der Waals surface area contributed by atoms with Crippen LogP contribution < -0.4 is 10.2 Å². The fourth-order valence-corrected chi connectivity index (χ4v) is 4.23. The molecule has 1 N–H and O–H groups in total. The fourth-order valence-electron chi connectivity index (χ4n) is 4.23. The number of allylic oxidation sites excluding steroid dienone is 1. The van der Waals surface area contributed by atoms with E-state index in [-0.39, 0.29) is 5.78 Å². The minimum absolute atomic E-state index is 0.0628. The largest absolute Gasteiger partial charge is 0.497 e. The number of ether oxygens (including phenoxy) is 1. The van der Waals surface area contributed by atoms with Gasteiger partial charge in [-0.05, 0) is 30.7 Å². The lowest BCUT2D eigenvalue weighted by Crippen LogP contribution is -2.56. The van der Waals surface area contributed by atoms with E-state index >= 15 is 0 Å². The summed E-state index contributed by atoms with van der Waals surface area (Å²) in [7, 11) is 1.64. The summed E-state index contributed by atoms with van der Waals surface area (Å²) in [6.07, 6.45) is 2.08. The Bertz CT molecular complexity index is 1190. The Morgan fingerprint density at radius 1 is 1.00 bits per heavy atom. The lowest BCUT2D eigenvalue weighted by molar-refractivity contribution is 0.0722. The van der Waals surface area contributed by atoms with Crippen molar-refractivity contribution in [3.63, 3.8) is 0 Å². The first kappa shape index (κ1) is 18.2. The first-order chi connectivity index (χ1) is 14.6. The molecule has 1 unspecified atom stereocenters. The fraction of sp³-hybridized carbons (Fsp3) is 0.120. The molecule has 2 aliphatic rings. The van der Waals surface area contributed by atoms with Crippen LogP contribution in [-0.2, 0) is 5.66 Å². The SMILES string of the molecule is COc1ccc2c(c1)C1=NNC(C(=O)c3ccccc3)(c3ccccc3)N1C(C)=C2. The molecule has 0 bridgehead atoms. The summed E-state index contributed by atoms with van der Waals surface area (Å²) < 4.78 is 5.43. The van der Waals surface area contributed by atoms with Gasteiger partial charge in [0, 0.05) is 22.4 Å². The number of nitrogens with one attached hydrogen (secondary N) is 1. The Labute approximate surface area is 175 Å². The Balaban J connectivity index is 1.72. The number of carbonyl (C=O) groups is 1. The second-order valence-electron chi connectivity index (χ2n) is 7.39. The quantitative estimate of drug-likeness (QED) is 0.667. The van der Waals surface area contributed by atoms with Crippen LogP contribution in [0.3, 0.4) is 0 Å². The van der Waals surface area contributed by atoms with E-state index in [0.717, 1.165) is 28.1 Å². The highest BCUT2D eigenvalue weighted by Crippen LogP contribution is 2.41. The van der Waals surface area contributed by atoms with Crippen molar-refractivity contribution in [1.82, 2.24) is 10.3 Å². The number of methoxy groups -OCH3 is 1. The molecule has 0 spiro atoms. The van der Waals surface area contributed by atoms with Crippen LogP contribution in [0.5, 0.6) is 5.75 Å². The van der Waals surface area contributed by atoms with Gasteiger partial charge in [0.1, 0.15) is 5.75 Å². The molecule has 0 saturated carbocycles. The second kappa shape index (κ2) is 6.88. The molecule has 0 saturated heterocycles. The van der Waals surface area contributed by atoms with Crippen LogP contribution in [-0.4, -0.2) is 23.6 Å². The van der Waals surface area contributed by atoms with Gasteiger partial charge in [0.05, 0.1) is 7.11 Å². The van der Waals surface area contributed by atoms with Crippen molar-refractivity contribution >= 4 is 17.7 Å². The number of hydrazone groups is 1. The van der Waals surface area contributed by atoms with E-state index in [9.17, 15) is 4.79 Å². The van der Waals surface area contributed by atoms with Crippen LogP contribution in [0.15, 0.2) is 89.7 Å². The van der Waals surface area contributed by atoms with Crippen molar-refractivity contribution < 1.29 is 9.53 Å². The maximum absolute atomic E-state index is 14.0. The summed E-state index contributed by atoms with van der Waals surface area (Å²) in [5.41, 5.74) is 6.40. The van der Waals surface area contributed by atoms with Gasteiger partial charge in [-0.15, -0.1) is 0 Å². The number of benzene rings is 3. The third-order valence-electron chi connectivity index (χ3n) is 5.65. The molecule has 1 atom stereocenters. The standard InChI is InChI=1S/C25H21N3O2/c1-17-15-19-13-14-21(30-2)16-22(19)24-26-27-25(28(17)24,20-11-7-4-8-12-20)23(29)18-9-5-3-6-10-18/h3-16,27H,1-2H3. The molecule has 2 aliphatic heterocycles. The molecular weight excluding hydrogens is 374 g/mol. The second-order valence-corrected chi connectivity index (χ2v) is 7.39. The van der Waals surface area contributed by atoms with Gasteiger partial charge in [-0.3, -0.25) is 15.1 Å². The third kappa shape index (κ3) is 2.55. The lowest BCUT2D eigenvalue weighted by atomic mass is 9.87. The molecular formula is C25H21N3O2. The number of hydrogen-bond acceptors (Lipinski definition) is 5. The Kier molecular flexibility index (Phi) is 4.17. The van der Waals surface area contributed by atoms with Crippen LogP contribution in [0.1, 0.15) is 34.0 Å². The molecule has 30 heavy (non-hydrogen) atoms. The molecule has 2 heterocycles. The molecule has 0 aromatic heterocycles. The average Bonchev–Trinajstić information content (AvgIpc) is 3.22. The van der Waals surface area contributed by atoms with E-state index < -0.39 is 5.66 Å². The highest BCUT2D eigenvalue weighted by Gasteiger charge is 2.53. The van der Waals surface area contributed by atoms with Crippen molar-refractivity contribution in [2.45, 2.75) is 12.6 Å². The van der Waals surface area contributed by atoms with E-state index in [0.29, 0.717) is 11.4 Å². The van der Waals surface area contributed by atoms with Crippen molar-refractivity contribution in [1.29, 1.82) is 0 Å². The molecule has 148 valence electrons. The normalized spacial score (nSPS) is 19.2. The Hall–Kier alpha value is -3.86. The zero-order valence-electron chi connectivity index (χ0n) is 16.8. The molecule has 5 nitrogen and oxygen atoms in total.